The molecule has 0 radical (unpaired) electrons. The average molecular weight is 403 g/mol. The number of nitrogens with zero attached hydrogens (tertiary/aromatic N) is 1. The number of rotatable bonds is 5. The van der Waals surface area contributed by atoms with Gasteiger partial charge in [0.1, 0.15) is 12.4 Å². The van der Waals surface area contributed by atoms with Crippen molar-refractivity contribution in [2.45, 2.75) is 13.1 Å². The van der Waals surface area contributed by atoms with E-state index in [0.29, 0.717) is 0 Å². The number of nitrogens with one attached hydrogen (secondary N) is 1. The minimum atomic E-state index is -4.65. The fourth-order valence-corrected chi connectivity index (χ4v) is 2.63. The lowest BCUT2D eigenvalue weighted by Crippen LogP contribution is -2.38. The first kappa shape index (κ1) is 20.7. The van der Waals surface area contributed by atoms with Crippen LogP contribution in [0.5, 0.6) is 0 Å². The number of amides is 2. The van der Waals surface area contributed by atoms with Gasteiger partial charge in [0.2, 0.25) is 5.91 Å². The number of benzene rings is 2. The fraction of sp³-hybridized carbons (Fsp3) is 0.222. The van der Waals surface area contributed by atoms with Crippen LogP contribution in [-0.4, -0.2) is 29.8 Å². The summed E-state index contributed by atoms with van der Waals surface area (Å²) in [5.41, 5.74) is -1.84. The van der Waals surface area contributed by atoms with Crippen molar-refractivity contribution in [3.8, 4) is 0 Å². The van der Waals surface area contributed by atoms with Crippen LogP contribution in [0.4, 0.5) is 23.2 Å². The van der Waals surface area contributed by atoms with Gasteiger partial charge in [-0.15, -0.1) is 0 Å². The third kappa shape index (κ3) is 4.97. The number of hydrogen-bond donors (Lipinski definition) is 1. The summed E-state index contributed by atoms with van der Waals surface area (Å²) in [6.45, 7) is 1.01. The van der Waals surface area contributed by atoms with Crippen molar-refractivity contribution in [3.63, 3.8) is 0 Å². The molecule has 2 aromatic carbocycles. The second-order valence-corrected chi connectivity index (χ2v) is 5.91. The Kier molecular flexibility index (Phi) is 6.43. The summed E-state index contributed by atoms with van der Waals surface area (Å²) in [5, 5.41) is 2.01. The van der Waals surface area contributed by atoms with Gasteiger partial charge in [0, 0.05) is 6.54 Å². The molecule has 0 fully saturated rings. The summed E-state index contributed by atoms with van der Waals surface area (Å²) < 4.78 is 52.9. The Bertz CT molecular complexity index is 835. The summed E-state index contributed by atoms with van der Waals surface area (Å²) in [6.07, 6.45) is -4.65. The second kappa shape index (κ2) is 8.39. The van der Waals surface area contributed by atoms with Crippen LogP contribution < -0.4 is 5.32 Å². The summed E-state index contributed by atoms with van der Waals surface area (Å²) in [5.74, 6) is -2.54. The van der Waals surface area contributed by atoms with Crippen LogP contribution in [0.15, 0.2) is 42.5 Å². The molecule has 27 heavy (non-hydrogen) atoms. The van der Waals surface area contributed by atoms with Gasteiger partial charge < -0.3 is 10.2 Å². The van der Waals surface area contributed by atoms with Gasteiger partial charge >= 0.3 is 6.18 Å². The van der Waals surface area contributed by atoms with Gasteiger partial charge in [0.15, 0.2) is 0 Å². The first-order valence-electron chi connectivity index (χ1n) is 7.84. The Balaban J connectivity index is 2.18. The molecule has 0 atom stereocenters. The highest BCUT2D eigenvalue weighted by atomic mass is 35.5. The van der Waals surface area contributed by atoms with Gasteiger partial charge in [-0.05, 0) is 31.2 Å². The minimum absolute atomic E-state index is 0.0256. The molecular formula is C18H15ClF4N2O2. The van der Waals surface area contributed by atoms with Crippen LogP contribution in [0.1, 0.15) is 22.8 Å². The molecule has 1 N–H and O–H groups in total. The van der Waals surface area contributed by atoms with Gasteiger partial charge in [-0.1, -0.05) is 29.8 Å². The van der Waals surface area contributed by atoms with E-state index >= 15 is 0 Å². The quantitative estimate of drug-likeness (QED) is 0.743. The Labute approximate surface area is 157 Å². The highest BCUT2D eigenvalue weighted by Crippen LogP contribution is 2.34. The zero-order chi connectivity index (χ0) is 20.2. The van der Waals surface area contributed by atoms with E-state index < -0.39 is 47.2 Å². The summed E-state index contributed by atoms with van der Waals surface area (Å²) in [7, 11) is 0. The number of carbonyl (C=O) groups excluding carboxylic acids is 2. The number of likely N-dealkylation sites (N-methyl/N-ethyl adjacent to an activating group) is 1. The summed E-state index contributed by atoms with van der Waals surface area (Å²) in [6, 6.07) is 8.17. The molecule has 0 aromatic heterocycles. The molecule has 2 aromatic rings. The maximum atomic E-state index is 13.9. The molecule has 0 spiro atoms. The molecule has 0 unspecified atom stereocenters. The Hall–Kier alpha value is -2.61. The molecule has 0 saturated carbocycles. The first-order chi connectivity index (χ1) is 12.6. The third-order valence-corrected chi connectivity index (χ3v) is 4.00. The highest BCUT2D eigenvalue weighted by Gasteiger charge is 2.33. The number of anilines is 1. The fourth-order valence-electron chi connectivity index (χ4n) is 2.39. The summed E-state index contributed by atoms with van der Waals surface area (Å²) >= 11 is 5.85. The maximum absolute atomic E-state index is 13.9. The van der Waals surface area contributed by atoms with Crippen LogP contribution in [-0.2, 0) is 11.0 Å². The third-order valence-electron chi connectivity index (χ3n) is 3.69. The number of halogens is 5. The van der Waals surface area contributed by atoms with Gasteiger partial charge in [0.25, 0.3) is 5.91 Å². The van der Waals surface area contributed by atoms with E-state index in [2.05, 4.69) is 5.32 Å². The minimum Gasteiger partial charge on any atom is -0.329 e. The van der Waals surface area contributed by atoms with Gasteiger partial charge in [-0.25, -0.2) is 4.39 Å². The van der Waals surface area contributed by atoms with E-state index in [-0.39, 0.29) is 11.6 Å². The van der Waals surface area contributed by atoms with Crippen LogP contribution >= 0.6 is 11.6 Å². The maximum Gasteiger partial charge on any atom is 0.418 e. The number of carbonyl (C=O) groups is 2. The van der Waals surface area contributed by atoms with Crippen molar-refractivity contribution < 1.29 is 27.2 Å². The molecule has 0 aliphatic carbocycles. The molecule has 0 aliphatic rings. The second-order valence-electron chi connectivity index (χ2n) is 5.51. The molecule has 2 rings (SSSR count). The molecule has 144 valence electrons. The zero-order valence-electron chi connectivity index (χ0n) is 14.1. The van der Waals surface area contributed by atoms with Crippen molar-refractivity contribution >= 4 is 29.1 Å². The monoisotopic (exact) mass is 402 g/mol. The van der Waals surface area contributed by atoms with E-state index in [1.807, 2.05) is 0 Å². The number of para-hydroxylation sites is 1. The van der Waals surface area contributed by atoms with Crippen molar-refractivity contribution in [3.05, 3.63) is 64.4 Å². The van der Waals surface area contributed by atoms with Crippen LogP contribution in [0.2, 0.25) is 5.02 Å². The van der Waals surface area contributed by atoms with E-state index in [1.165, 1.54) is 24.3 Å². The van der Waals surface area contributed by atoms with Crippen LogP contribution in [0.25, 0.3) is 0 Å². The largest absolute Gasteiger partial charge is 0.418 e. The van der Waals surface area contributed by atoms with Gasteiger partial charge in [0.05, 0.1) is 21.8 Å². The predicted octanol–water partition coefficient (Wildman–Crippen LogP) is 4.60. The first-order valence-corrected chi connectivity index (χ1v) is 8.22. The van der Waals surface area contributed by atoms with Crippen LogP contribution in [0, 0.1) is 5.82 Å². The lowest BCUT2D eigenvalue weighted by Gasteiger charge is -2.22. The number of hydrogen-bond acceptors (Lipinski definition) is 2. The topological polar surface area (TPSA) is 49.4 Å². The number of alkyl halides is 3. The Morgan fingerprint density at radius 2 is 1.78 bits per heavy atom. The smallest absolute Gasteiger partial charge is 0.329 e. The summed E-state index contributed by atoms with van der Waals surface area (Å²) in [4.78, 5) is 25.6. The van der Waals surface area contributed by atoms with E-state index in [4.69, 9.17) is 11.6 Å². The van der Waals surface area contributed by atoms with E-state index in [0.717, 1.165) is 23.1 Å². The SMILES string of the molecule is CCN(CC(=O)Nc1ccccc1C(F)(F)F)C(=O)c1c(F)cccc1Cl. The molecule has 0 saturated heterocycles. The normalized spacial score (nSPS) is 11.2. The zero-order valence-corrected chi connectivity index (χ0v) is 14.9. The Morgan fingerprint density at radius 3 is 2.37 bits per heavy atom. The molecular weight excluding hydrogens is 388 g/mol. The molecule has 0 heterocycles. The van der Waals surface area contributed by atoms with E-state index in [9.17, 15) is 27.2 Å². The molecule has 0 bridgehead atoms. The standard InChI is InChI=1S/C18H15ClF4N2O2/c1-2-25(17(27)16-12(19)7-5-8-13(16)20)10-15(26)24-14-9-4-3-6-11(14)18(21,22)23/h3-9H,2,10H2,1H3,(H,24,26). The molecule has 4 nitrogen and oxygen atoms in total. The predicted molar refractivity (Wildman–Crippen MR) is 93.1 cm³/mol. The lowest BCUT2D eigenvalue weighted by molar-refractivity contribution is -0.137. The molecule has 2 amide bonds. The molecule has 0 aliphatic heterocycles. The van der Waals surface area contributed by atoms with Crippen LogP contribution in [0.3, 0.4) is 0 Å². The molecule has 9 heteroatoms. The lowest BCUT2D eigenvalue weighted by atomic mass is 10.1. The Morgan fingerprint density at radius 1 is 1.11 bits per heavy atom. The van der Waals surface area contributed by atoms with Crippen molar-refractivity contribution in [2.24, 2.45) is 0 Å². The van der Waals surface area contributed by atoms with Crippen molar-refractivity contribution in [2.75, 3.05) is 18.4 Å². The van der Waals surface area contributed by atoms with Gasteiger partial charge in [-0.3, -0.25) is 9.59 Å². The van der Waals surface area contributed by atoms with Crippen molar-refractivity contribution in [1.29, 1.82) is 0 Å². The highest BCUT2D eigenvalue weighted by molar-refractivity contribution is 6.33. The van der Waals surface area contributed by atoms with Gasteiger partial charge in [-0.2, -0.15) is 13.2 Å². The average Bonchev–Trinajstić information content (AvgIpc) is 2.59. The van der Waals surface area contributed by atoms with Crippen molar-refractivity contribution in [1.82, 2.24) is 4.90 Å². The van der Waals surface area contributed by atoms with E-state index in [1.54, 1.807) is 6.92 Å².